The van der Waals surface area contributed by atoms with Gasteiger partial charge in [0.05, 0.1) is 24.9 Å². The first kappa shape index (κ1) is 25.2. The zero-order valence-corrected chi connectivity index (χ0v) is 22.7. The Kier molecular flexibility index (Phi) is 5.44. The third-order valence-corrected chi connectivity index (χ3v) is 13.5. The van der Waals surface area contributed by atoms with E-state index in [1.54, 1.807) is 5.57 Å². The van der Waals surface area contributed by atoms with Crippen molar-refractivity contribution in [3.63, 3.8) is 0 Å². The van der Waals surface area contributed by atoms with E-state index in [4.69, 9.17) is 0 Å². The fourth-order valence-electron chi connectivity index (χ4n) is 10.7. The van der Waals surface area contributed by atoms with Crippen molar-refractivity contribution in [3.05, 3.63) is 11.6 Å². The van der Waals surface area contributed by atoms with Crippen LogP contribution in [0.4, 0.5) is 0 Å². The standard InChI is InChI=1S/C30H50O4/c1-25(2)16-19-18-8-9-21-27(4)12-11-22(32)28(5,17-31)20(27)10-13-30(21,7)29(18,6)15-14-26(19,3)24(34)23(25)33/h8,19-24,31-34H,9-17H2,1-7H3/t19-,20+,21+,22-,23+,24-,26+,27-,28+,29+,30+/m0/s1. The van der Waals surface area contributed by atoms with Crippen molar-refractivity contribution in [1.29, 1.82) is 0 Å². The Morgan fingerprint density at radius 3 is 2.12 bits per heavy atom. The highest BCUT2D eigenvalue weighted by molar-refractivity contribution is 5.34. The molecule has 4 saturated carbocycles. The van der Waals surface area contributed by atoms with E-state index < -0.39 is 23.7 Å². The van der Waals surface area contributed by atoms with E-state index in [0.29, 0.717) is 17.8 Å². The molecule has 0 bridgehead atoms. The number of rotatable bonds is 1. The molecule has 5 aliphatic carbocycles. The first-order valence-corrected chi connectivity index (χ1v) is 14.0. The van der Waals surface area contributed by atoms with E-state index in [2.05, 4.69) is 54.5 Å². The largest absolute Gasteiger partial charge is 0.396 e. The number of hydrogen-bond acceptors (Lipinski definition) is 4. The lowest BCUT2D eigenvalue weighted by molar-refractivity contribution is -0.225. The highest BCUT2D eigenvalue weighted by Crippen LogP contribution is 2.75. The molecule has 0 unspecified atom stereocenters. The van der Waals surface area contributed by atoms with Gasteiger partial charge in [0, 0.05) is 10.8 Å². The Hall–Kier alpha value is -0.420. The molecule has 0 aliphatic heterocycles. The lowest BCUT2D eigenvalue weighted by Gasteiger charge is -2.72. The Labute approximate surface area is 207 Å². The van der Waals surface area contributed by atoms with Gasteiger partial charge in [0.2, 0.25) is 0 Å². The summed E-state index contributed by atoms with van der Waals surface area (Å²) in [5, 5.41) is 43.6. The molecule has 0 heterocycles. The van der Waals surface area contributed by atoms with Crippen molar-refractivity contribution in [2.45, 2.75) is 118 Å². The highest BCUT2D eigenvalue weighted by Gasteiger charge is 2.69. The number of allylic oxidation sites excluding steroid dienone is 2. The molecule has 34 heavy (non-hydrogen) atoms. The van der Waals surface area contributed by atoms with E-state index in [9.17, 15) is 20.4 Å². The van der Waals surface area contributed by atoms with Gasteiger partial charge in [0.1, 0.15) is 0 Å². The van der Waals surface area contributed by atoms with Crippen LogP contribution in [0.25, 0.3) is 0 Å². The summed E-state index contributed by atoms with van der Waals surface area (Å²) >= 11 is 0. The summed E-state index contributed by atoms with van der Waals surface area (Å²) in [6.07, 6.45) is 8.79. The zero-order valence-electron chi connectivity index (χ0n) is 22.7. The molecule has 4 nitrogen and oxygen atoms in total. The van der Waals surface area contributed by atoms with Crippen LogP contribution in [0.5, 0.6) is 0 Å². The van der Waals surface area contributed by atoms with Gasteiger partial charge in [-0.05, 0) is 90.8 Å². The quantitative estimate of drug-likeness (QED) is 0.399. The van der Waals surface area contributed by atoms with Crippen molar-refractivity contribution in [1.82, 2.24) is 0 Å². The predicted molar refractivity (Wildman–Crippen MR) is 135 cm³/mol. The third-order valence-electron chi connectivity index (χ3n) is 13.5. The number of hydrogen-bond donors (Lipinski definition) is 4. The van der Waals surface area contributed by atoms with Crippen molar-refractivity contribution >= 4 is 0 Å². The lowest BCUT2D eigenvalue weighted by Crippen LogP contribution is -2.67. The molecule has 4 N–H and O–H groups in total. The number of aliphatic hydroxyl groups excluding tert-OH is 4. The molecule has 0 spiro atoms. The predicted octanol–water partition coefficient (Wildman–Crippen LogP) is 5.08. The van der Waals surface area contributed by atoms with E-state index in [-0.39, 0.29) is 33.7 Å². The van der Waals surface area contributed by atoms with Gasteiger partial charge >= 0.3 is 0 Å². The van der Waals surface area contributed by atoms with Crippen LogP contribution in [0.1, 0.15) is 99.8 Å². The Balaban J connectivity index is 1.58. The van der Waals surface area contributed by atoms with Crippen molar-refractivity contribution in [3.8, 4) is 0 Å². The molecule has 0 saturated heterocycles. The first-order chi connectivity index (χ1) is 15.6. The third kappa shape index (κ3) is 2.81. The molecule has 5 aliphatic rings. The van der Waals surface area contributed by atoms with Crippen LogP contribution in [0.2, 0.25) is 0 Å². The molecular formula is C30H50O4. The summed E-state index contributed by atoms with van der Waals surface area (Å²) in [4.78, 5) is 0. The molecule has 0 aromatic rings. The maximum absolute atomic E-state index is 11.3. The molecular weight excluding hydrogens is 424 g/mol. The van der Waals surface area contributed by atoms with Crippen LogP contribution in [0.3, 0.4) is 0 Å². The van der Waals surface area contributed by atoms with E-state index >= 15 is 0 Å². The average Bonchev–Trinajstić information content (AvgIpc) is 2.77. The van der Waals surface area contributed by atoms with Crippen LogP contribution in [0.15, 0.2) is 11.6 Å². The van der Waals surface area contributed by atoms with E-state index in [1.807, 2.05) is 0 Å². The van der Waals surface area contributed by atoms with Gasteiger partial charge in [-0.2, -0.15) is 0 Å². The minimum atomic E-state index is -0.685. The minimum Gasteiger partial charge on any atom is -0.396 e. The average molecular weight is 475 g/mol. The molecule has 0 aromatic heterocycles. The van der Waals surface area contributed by atoms with Gasteiger partial charge in [-0.25, -0.2) is 0 Å². The molecule has 194 valence electrons. The van der Waals surface area contributed by atoms with Gasteiger partial charge in [0.25, 0.3) is 0 Å². The van der Waals surface area contributed by atoms with Gasteiger partial charge in [-0.1, -0.05) is 60.1 Å². The first-order valence-electron chi connectivity index (χ1n) is 14.0. The maximum atomic E-state index is 11.3. The molecule has 4 fully saturated rings. The van der Waals surface area contributed by atoms with Crippen molar-refractivity contribution in [2.75, 3.05) is 6.61 Å². The summed E-state index contributed by atoms with van der Waals surface area (Å²) in [6, 6.07) is 0. The highest BCUT2D eigenvalue weighted by atomic mass is 16.3. The second kappa shape index (κ2) is 7.33. The van der Waals surface area contributed by atoms with Gasteiger partial charge < -0.3 is 20.4 Å². The summed E-state index contributed by atoms with van der Waals surface area (Å²) in [7, 11) is 0. The number of fused-ring (bicyclic) bond motifs is 7. The maximum Gasteiger partial charge on any atom is 0.0863 e. The van der Waals surface area contributed by atoms with Crippen LogP contribution in [0, 0.1) is 50.2 Å². The molecule has 0 radical (unpaired) electrons. The van der Waals surface area contributed by atoms with Crippen molar-refractivity contribution < 1.29 is 20.4 Å². The second-order valence-electron chi connectivity index (χ2n) is 15.2. The molecule has 0 amide bonds. The SMILES string of the molecule is CC1(C)C[C@H]2C3=CC[C@@H]4[C@@]5(C)CC[C@H](O)[C@](C)(CO)[C@@H]5CC[C@@]4(C)[C@]3(C)CC[C@@]2(C)[C@@H](O)[C@H]1O. The molecule has 11 atom stereocenters. The molecule has 0 aromatic carbocycles. The van der Waals surface area contributed by atoms with E-state index in [0.717, 1.165) is 51.4 Å². The molecule has 5 rings (SSSR count). The summed E-state index contributed by atoms with van der Waals surface area (Å²) in [5.41, 5.74) is 0.920. The minimum absolute atomic E-state index is 0.0614. The lowest BCUT2D eigenvalue weighted by atomic mass is 9.33. The monoisotopic (exact) mass is 474 g/mol. The Morgan fingerprint density at radius 1 is 0.794 bits per heavy atom. The van der Waals surface area contributed by atoms with Crippen molar-refractivity contribution in [2.24, 2.45) is 50.2 Å². The Bertz CT molecular complexity index is 881. The number of aliphatic hydroxyl groups is 4. The zero-order chi connectivity index (χ0) is 25.1. The Morgan fingerprint density at radius 2 is 1.47 bits per heavy atom. The van der Waals surface area contributed by atoms with Gasteiger partial charge in [-0.15, -0.1) is 0 Å². The normalized spacial score (nSPS) is 58.6. The van der Waals surface area contributed by atoms with Crippen LogP contribution in [-0.2, 0) is 0 Å². The van der Waals surface area contributed by atoms with Gasteiger partial charge in [-0.3, -0.25) is 0 Å². The van der Waals surface area contributed by atoms with E-state index in [1.165, 1.54) is 0 Å². The van der Waals surface area contributed by atoms with Crippen LogP contribution < -0.4 is 0 Å². The second-order valence-corrected chi connectivity index (χ2v) is 15.2. The summed E-state index contributed by atoms with van der Waals surface area (Å²) in [5.74, 6) is 1.17. The molecule has 4 heteroatoms. The van der Waals surface area contributed by atoms with Crippen LogP contribution in [-0.4, -0.2) is 45.3 Å². The topological polar surface area (TPSA) is 80.9 Å². The fourth-order valence-corrected chi connectivity index (χ4v) is 10.7. The smallest absolute Gasteiger partial charge is 0.0863 e. The summed E-state index contributed by atoms with van der Waals surface area (Å²) in [6.45, 7) is 16.2. The van der Waals surface area contributed by atoms with Gasteiger partial charge in [0.15, 0.2) is 0 Å². The van der Waals surface area contributed by atoms with Crippen LogP contribution >= 0.6 is 0 Å². The summed E-state index contributed by atoms with van der Waals surface area (Å²) < 4.78 is 0. The fraction of sp³-hybridized carbons (Fsp3) is 0.933.